The maximum absolute atomic E-state index is 12.7. The molecular formula is C19H20N4O4. The first-order valence-electron chi connectivity index (χ1n) is 8.33. The molecule has 140 valence electrons. The van der Waals surface area contributed by atoms with Gasteiger partial charge in [0.2, 0.25) is 0 Å². The van der Waals surface area contributed by atoms with E-state index in [-0.39, 0.29) is 12.5 Å². The Morgan fingerprint density at radius 3 is 2.63 bits per heavy atom. The van der Waals surface area contributed by atoms with Gasteiger partial charge in [-0.05, 0) is 30.7 Å². The lowest BCUT2D eigenvalue weighted by Gasteiger charge is -2.17. The lowest BCUT2D eigenvalue weighted by atomic mass is 10.1. The smallest absolute Gasteiger partial charge is 0.341 e. The topological polar surface area (TPSA) is 97.5 Å². The Kier molecular flexibility index (Phi) is 5.07. The van der Waals surface area contributed by atoms with E-state index in [9.17, 15) is 9.59 Å². The molecule has 3 rings (SSSR count). The number of nitrogens with zero attached hydrogens (tertiary/aromatic N) is 4. The van der Waals surface area contributed by atoms with Crippen LogP contribution in [0.3, 0.4) is 0 Å². The van der Waals surface area contributed by atoms with Crippen molar-refractivity contribution in [3.63, 3.8) is 0 Å². The van der Waals surface area contributed by atoms with Gasteiger partial charge in [-0.3, -0.25) is 9.48 Å². The van der Waals surface area contributed by atoms with E-state index in [1.165, 1.54) is 0 Å². The number of hydrogen-bond donors (Lipinski definition) is 1. The van der Waals surface area contributed by atoms with E-state index in [2.05, 4.69) is 10.1 Å². The molecule has 0 bridgehead atoms. The van der Waals surface area contributed by atoms with Crippen LogP contribution < -0.4 is 4.74 Å². The Labute approximate surface area is 156 Å². The third-order valence-electron chi connectivity index (χ3n) is 4.16. The quantitative estimate of drug-likeness (QED) is 0.715. The number of pyridine rings is 1. The summed E-state index contributed by atoms with van der Waals surface area (Å²) in [5.41, 5.74) is 2.97. The summed E-state index contributed by atoms with van der Waals surface area (Å²) < 4.78 is 6.79. The van der Waals surface area contributed by atoms with E-state index in [0.717, 1.165) is 22.3 Å². The van der Waals surface area contributed by atoms with E-state index in [1.807, 2.05) is 20.0 Å². The van der Waals surface area contributed by atoms with Gasteiger partial charge in [0, 0.05) is 32.2 Å². The minimum absolute atomic E-state index is 0.140. The second-order valence-corrected chi connectivity index (χ2v) is 6.29. The zero-order valence-electron chi connectivity index (χ0n) is 15.3. The van der Waals surface area contributed by atoms with Gasteiger partial charge in [-0.15, -0.1) is 0 Å². The zero-order chi connectivity index (χ0) is 19.6. The Hall–Kier alpha value is -3.42. The molecule has 0 saturated carbocycles. The van der Waals surface area contributed by atoms with Crippen molar-refractivity contribution < 1.29 is 19.4 Å². The molecule has 0 atom stereocenters. The molecule has 1 aromatic carbocycles. The van der Waals surface area contributed by atoms with Crippen LogP contribution in [0.25, 0.3) is 11.0 Å². The third-order valence-corrected chi connectivity index (χ3v) is 4.16. The number of fused-ring (bicyclic) bond motifs is 1. The molecule has 2 aromatic heterocycles. The lowest BCUT2D eigenvalue weighted by Crippen LogP contribution is -2.26. The molecular weight excluding hydrogens is 348 g/mol. The number of aliphatic carboxylic acids is 1. The van der Waals surface area contributed by atoms with E-state index < -0.39 is 5.97 Å². The average Bonchev–Trinajstić information content (AvgIpc) is 2.94. The highest BCUT2D eigenvalue weighted by Crippen LogP contribution is 2.18. The summed E-state index contributed by atoms with van der Waals surface area (Å²) in [4.78, 5) is 29.2. The van der Waals surface area contributed by atoms with E-state index in [0.29, 0.717) is 17.9 Å². The maximum Gasteiger partial charge on any atom is 0.341 e. The van der Waals surface area contributed by atoms with Crippen molar-refractivity contribution in [1.82, 2.24) is 19.7 Å². The first-order valence-corrected chi connectivity index (χ1v) is 8.33. The fraction of sp³-hybridized carbons (Fsp3) is 0.263. The minimum atomic E-state index is -1.03. The fourth-order valence-electron chi connectivity index (χ4n) is 2.83. The van der Waals surface area contributed by atoms with Crippen LogP contribution in [0.15, 0.2) is 36.5 Å². The average molecular weight is 368 g/mol. The number of ether oxygens (including phenoxy) is 1. The molecule has 0 aliphatic carbocycles. The molecule has 0 radical (unpaired) electrons. The van der Waals surface area contributed by atoms with E-state index >= 15 is 0 Å². The number of carboxylic acids is 1. The number of aryl methyl sites for hydroxylation is 2. The molecule has 1 N–H and O–H groups in total. The lowest BCUT2D eigenvalue weighted by molar-refractivity contribution is -0.139. The number of rotatable bonds is 6. The number of carbonyl (C=O) groups is 2. The largest absolute Gasteiger partial charge is 0.482 e. The highest BCUT2D eigenvalue weighted by atomic mass is 16.5. The number of carbonyl (C=O) groups excluding carboxylic acids is 1. The molecule has 0 saturated heterocycles. The van der Waals surface area contributed by atoms with Crippen LogP contribution in [0.4, 0.5) is 0 Å². The number of carboxylic acid groups (broad SMARTS) is 1. The number of hydrogen-bond acceptors (Lipinski definition) is 5. The third kappa shape index (κ3) is 4.05. The SMILES string of the molecule is Cc1nn(C)c2ncc(C(=O)N(C)Cc3ccc(OCC(=O)O)cc3)cc12. The van der Waals surface area contributed by atoms with Crippen molar-refractivity contribution in [3.8, 4) is 5.75 Å². The van der Waals surface area contributed by atoms with Crippen LogP contribution in [0.2, 0.25) is 0 Å². The molecule has 27 heavy (non-hydrogen) atoms. The zero-order valence-corrected chi connectivity index (χ0v) is 15.3. The Morgan fingerprint density at radius 1 is 1.26 bits per heavy atom. The van der Waals surface area contributed by atoms with Gasteiger partial charge < -0.3 is 14.7 Å². The normalized spacial score (nSPS) is 10.8. The van der Waals surface area contributed by atoms with Gasteiger partial charge in [0.15, 0.2) is 12.3 Å². The predicted octanol–water partition coefficient (Wildman–Crippen LogP) is 2.01. The van der Waals surface area contributed by atoms with Crippen molar-refractivity contribution in [2.45, 2.75) is 13.5 Å². The van der Waals surface area contributed by atoms with Gasteiger partial charge in [0.1, 0.15) is 5.75 Å². The monoisotopic (exact) mass is 368 g/mol. The fourth-order valence-corrected chi connectivity index (χ4v) is 2.83. The Morgan fingerprint density at radius 2 is 1.96 bits per heavy atom. The molecule has 0 aliphatic heterocycles. The van der Waals surface area contributed by atoms with Gasteiger partial charge >= 0.3 is 5.97 Å². The van der Waals surface area contributed by atoms with Crippen molar-refractivity contribution in [3.05, 3.63) is 53.3 Å². The van der Waals surface area contributed by atoms with Gasteiger partial charge in [0.05, 0.1) is 11.3 Å². The Balaban J connectivity index is 1.70. The summed E-state index contributed by atoms with van der Waals surface area (Å²) in [6.07, 6.45) is 1.56. The van der Waals surface area contributed by atoms with Crippen LogP contribution in [-0.4, -0.2) is 50.3 Å². The van der Waals surface area contributed by atoms with Crippen molar-refractivity contribution in [2.24, 2.45) is 7.05 Å². The second kappa shape index (κ2) is 7.45. The van der Waals surface area contributed by atoms with Gasteiger partial charge in [0.25, 0.3) is 5.91 Å². The molecule has 0 unspecified atom stereocenters. The highest BCUT2D eigenvalue weighted by Gasteiger charge is 2.15. The molecule has 0 fully saturated rings. The summed E-state index contributed by atoms with van der Waals surface area (Å²) in [7, 11) is 3.54. The summed E-state index contributed by atoms with van der Waals surface area (Å²) in [6, 6.07) is 8.78. The molecule has 1 amide bonds. The standard InChI is InChI=1S/C19H20N4O4/c1-12-16-8-14(9-20-18(16)23(3)21-12)19(26)22(2)10-13-4-6-15(7-5-13)27-11-17(24)25/h4-9H,10-11H2,1-3H3,(H,24,25). The second-order valence-electron chi connectivity index (χ2n) is 6.29. The van der Waals surface area contributed by atoms with Gasteiger partial charge in [-0.1, -0.05) is 12.1 Å². The van der Waals surface area contributed by atoms with E-state index in [4.69, 9.17) is 9.84 Å². The van der Waals surface area contributed by atoms with Crippen LogP contribution in [0, 0.1) is 6.92 Å². The van der Waals surface area contributed by atoms with Crippen molar-refractivity contribution in [1.29, 1.82) is 0 Å². The summed E-state index contributed by atoms with van der Waals surface area (Å²) in [5.74, 6) is -0.700. The van der Waals surface area contributed by atoms with E-state index in [1.54, 1.807) is 47.1 Å². The first kappa shape index (κ1) is 18.4. The van der Waals surface area contributed by atoms with Crippen molar-refractivity contribution >= 4 is 22.9 Å². The summed E-state index contributed by atoms with van der Waals surface area (Å²) in [5, 5.41) is 13.8. The molecule has 3 aromatic rings. The van der Waals surface area contributed by atoms with Crippen LogP contribution >= 0.6 is 0 Å². The summed E-state index contributed by atoms with van der Waals surface area (Å²) >= 11 is 0. The molecule has 0 spiro atoms. The van der Waals surface area contributed by atoms with Gasteiger partial charge in [-0.2, -0.15) is 5.10 Å². The Bertz CT molecular complexity index is 995. The highest BCUT2D eigenvalue weighted by molar-refractivity contribution is 5.97. The molecule has 8 nitrogen and oxygen atoms in total. The van der Waals surface area contributed by atoms with Gasteiger partial charge in [-0.25, -0.2) is 9.78 Å². The predicted molar refractivity (Wildman–Crippen MR) is 98.6 cm³/mol. The summed E-state index contributed by atoms with van der Waals surface area (Å²) in [6.45, 7) is 1.90. The van der Waals surface area contributed by atoms with Crippen LogP contribution in [-0.2, 0) is 18.4 Å². The van der Waals surface area contributed by atoms with Crippen LogP contribution in [0.1, 0.15) is 21.6 Å². The number of benzene rings is 1. The number of aromatic nitrogens is 3. The molecule has 0 aliphatic rings. The molecule has 2 heterocycles. The minimum Gasteiger partial charge on any atom is -0.482 e. The number of amides is 1. The van der Waals surface area contributed by atoms with Crippen molar-refractivity contribution in [2.75, 3.05) is 13.7 Å². The van der Waals surface area contributed by atoms with Crippen LogP contribution in [0.5, 0.6) is 5.75 Å². The first-order chi connectivity index (χ1) is 12.8. The maximum atomic E-state index is 12.7. The molecule has 8 heteroatoms.